The quantitative estimate of drug-likeness (QED) is 0.362. The third-order valence-electron chi connectivity index (χ3n) is 7.63. The third kappa shape index (κ3) is 6.02. The molecule has 0 radical (unpaired) electrons. The van der Waals surface area contributed by atoms with Crippen molar-refractivity contribution in [3.8, 4) is 0 Å². The van der Waals surface area contributed by atoms with Gasteiger partial charge in [0.2, 0.25) is 17.7 Å². The first kappa shape index (κ1) is 28.7. The zero-order valence-corrected chi connectivity index (χ0v) is 22.1. The molecule has 3 rings (SSSR count). The first-order chi connectivity index (χ1) is 17.4. The molecule has 0 aliphatic carbocycles. The first-order valence-corrected chi connectivity index (χ1v) is 13.0. The highest BCUT2D eigenvalue weighted by Crippen LogP contribution is 2.36. The van der Waals surface area contributed by atoms with Crippen LogP contribution in [0.4, 0.5) is 0 Å². The summed E-state index contributed by atoms with van der Waals surface area (Å²) in [4.78, 5) is 56.0. The fourth-order valence-corrected chi connectivity index (χ4v) is 5.45. The van der Waals surface area contributed by atoms with Crippen LogP contribution in [0.1, 0.15) is 57.6 Å². The lowest BCUT2D eigenvalue weighted by molar-refractivity contribution is -0.152. The van der Waals surface area contributed by atoms with Crippen LogP contribution in [-0.2, 0) is 25.6 Å². The molecule has 6 atom stereocenters. The van der Waals surface area contributed by atoms with E-state index < -0.39 is 47.7 Å². The van der Waals surface area contributed by atoms with Crippen LogP contribution in [0.25, 0.3) is 0 Å². The van der Waals surface area contributed by atoms with Gasteiger partial charge in [0.05, 0.1) is 12.2 Å². The molecule has 2 saturated heterocycles. The number of ketones is 1. The molecule has 0 aromatic heterocycles. The second-order valence-electron chi connectivity index (χ2n) is 10.5. The minimum absolute atomic E-state index is 0.225. The molecule has 0 saturated carbocycles. The van der Waals surface area contributed by atoms with Crippen molar-refractivity contribution in [1.29, 1.82) is 0 Å². The summed E-state index contributed by atoms with van der Waals surface area (Å²) in [6, 6.07) is 4.66. The SMILES string of the molecule is CC(=O)[C@@H](NC(=O)[C@@]1(Cc2ccc(C)cc2)CCCN1C(=O)[C@@H]1CCCN1C(=O)[C@@H](N)[C@@H](C)O)[C@@H](C)O. The maximum atomic E-state index is 14.0. The van der Waals surface area contributed by atoms with E-state index in [1.165, 1.54) is 25.7 Å². The highest BCUT2D eigenvalue weighted by molar-refractivity contribution is 5.98. The number of nitrogens with one attached hydrogen (secondary N) is 1. The summed E-state index contributed by atoms with van der Waals surface area (Å²) in [5, 5.41) is 22.7. The van der Waals surface area contributed by atoms with Crippen molar-refractivity contribution in [2.45, 2.75) is 95.7 Å². The van der Waals surface area contributed by atoms with Crippen LogP contribution in [0.5, 0.6) is 0 Å². The molecule has 10 heteroatoms. The fourth-order valence-electron chi connectivity index (χ4n) is 5.45. The van der Waals surface area contributed by atoms with E-state index in [1.54, 1.807) is 4.90 Å². The van der Waals surface area contributed by atoms with Crippen LogP contribution in [0.3, 0.4) is 0 Å². The van der Waals surface area contributed by atoms with E-state index in [0.717, 1.165) is 11.1 Å². The summed E-state index contributed by atoms with van der Waals surface area (Å²) < 4.78 is 0. The number of aliphatic hydroxyl groups excluding tert-OH is 2. The van der Waals surface area contributed by atoms with Crippen LogP contribution in [0.2, 0.25) is 0 Å². The summed E-state index contributed by atoms with van der Waals surface area (Å²) in [6.07, 6.45) is 0.0330. The molecular weight excluding hydrogens is 476 g/mol. The molecule has 37 heavy (non-hydrogen) atoms. The lowest BCUT2D eigenvalue weighted by Gasteiger charge is -2.41. The highest BCUT2D eigenvalue weighted by atomic mass is 16.3. The second-order valence-corrected chi connectivity index (χ2v) is 10.5. The Kier molecular flexibility index (Phi) is 9.09. The Labute approximate surface area is 218 Å². The monoisotopic (exact) mass is 516 g/mol. The number of carbonyl (C=O) groups excluding carboxylic acids is 4. The Morgan fingerprint density at radius 1 is 1.08 bits per heavy atom. The molecule has 2 aliphatic heterocycles. The number of benzene rings is 1. The number of rotatable bonds is 9. The summed E-state index contributed by atoms with van der Waals surface area (Å²) in [7, 11) is 0. The summed E-state index contributed by atoms with van der Waals surface area (Å²) >= 11 is 0. The molecule has 10 nitrogen and oxygen atoms in total. The van der Waals surface area contributed by atoms with E-state index >= 15 is 0 Å². The van der Waals surface area contributed by atoms with Crippen molar-refractivity contribution in [2.75, 3.05) is 13.1 Å². The van der Waals surface area contributed by atoms with Gasteiger partial charge in [-0.1, -0.05) is 29.8 Å². The number of nitrogens with two attached hydrogens (primary N) is 1. The van der Waals surface area contributed by atoms with Crippen LogP contribution in [0, 0.1) is 6.92 Å². The van der Waals surface area contributed by atoms with Crippen LogP contribution in [-0.4, -0.2) is 92.5 Å². The predicted octanol–water partition coefficient (Wildman–Crippen LogP) is 0.0524. The van der Waals surface area contributed by atoms with Gasteiger partial charge >= 0.3 is 0 Å². The largest absolute Gasteiger partial charge is 0.391 e. The average Bonchev–Trinajstić information content (AvgIpc) is 3.50. The summed E-state index contributed by atoms with van der Waals surface area (Å²) in [6.45, 7) is 6.79. The van der Waals surface area contributed by atoms with Gasteiger partial charge in [0.25, 0.3) is 0 Å². The van der Waals surface area contributed by atoms with Gasteiger partial charge in [0, 0.05) is 19.5 Å². The van der Waals surface area contributed by atoms with Crippen LogP contribution >= 0.6 is 0 Å². The smallest absolute Gasteiger partial charge is 0.246 e. The lowest BCUT2D eigenvalue weighted by atomic mass is 9.85. The van der Waals surface area contributed by atoms with Gasteiger partial charge in [-0.15, -0.1) is 0 Å². The normalized spacial score (nSPS) is 24.9. The lowest BCUT2D eigenvalue weighted by Crippen LogP contribution is -2.64. The van der Waals surface area contributed by atoms with E-state index in [0.29, 0.717) is 38.8 Å². The van der Waals surface area contributed by atoms with Crippen molar-refractivity contribution >= 4 is 23.5 Å². The highest BCUT2D eigenvalue weighted by Gasteiger charge is 2.53. The maximum absolute atomic E-state index is 14.0. The van der Waals surface area contributed by atoms with E-state index in [4.69, 9.17) is 5.73 Å². The van der Waals surface area contributed by atoms with E-state index in [9.17, 15) is 29.4 Å². The number of amides is 3. The zero-order chi connectivity index (χ0) is 27.5. The Hall–Kier alpha value is -2.82. The van der Waals surface area contributed by atoms with Gasteiger partial charge < -0.3 is 31.1 Å². The molecule has 0 spiro atoms. The van der Waals surface area contributed by atoms with Gasteiger partial charge in [-0.25, -0.2) is 0 Å². The number of hydrogen-bond acceptors (Lipinski definition) is 7. The molecule has 204 valence electrons. The molecule has 1 aromatic carbocycles. The number of likely N-dealkylation sites (tertiary alicyclic amines) is 2. The molecule has 5 N–H and O–H groups in total. The third-order valence-corrected chi connectivity index (χ3v) is 7.63. The molecule has 2 fully saturated rings. The number of nitrogens with zero attached hydrogens (tertiary/aromatic N) is 2. The molecular formula is C27H40N4O6. The second kappa shape index (κ2) is 11.7. The number of Topliss-reactive ketones (excluding diaryl/α,β-unsaturated/α-hetero) is 1. The van der Waals surface area contributed by atoms with Crippen molar-refractivity contribution in [1.82, 2.24) is 15.1 Å². The predicted molar refractivity (Wildman–Crippen MR) is 137 cm³/mol. The number of aryl methyl sites for hydroxylation is 1. The standard InChI is InChI=1S/C27H40N4O6/c1-16-8-10-20(11-9-16)15-27(26(37)29-23(18(3)33)19(4)34)12-6-14-31(27)24(35)21-7-5-13-30(21)25(36)22(28)17(2)32/h8-11,17-18,21-23,32-33H,5-7,12-15,28H2,1-4H3,(H,29,37)/t17-,18-,21+,22+,23+,27+/m1/s1. The van der Waals surface area contributed by atoms with Crippen molar-refractivity contribution < 1.29 is 29.4 Å². The Balaban J connectivity index is 1.97. The minimum atomic E-state index is -1.29. The fraction of sp³-hybridized carbons (Fsp3) is 0.630. The first-order valence-electron chi connectivity index (χ1n) is 13.0. The Bertz CT molecular complexity index is 1010. The molecule has 2 aliphatic rings. The van der Waals surface area contributed by atoms with Gasteiger partial charge in [0.15, 0.2) is 5.78 Å². The summed E-state index contributed by atoms with van der Waals surface area (Å²) in [5.41, 5.74) is 6.52. The van der Waals surface area contributed by atoms with E-state index in [1.807, 2.05) is 31.2 Å². The maximum Gasteiger partial charge on any atom is 0.246 e. The molecule has 0 bridgehead atoms. The summed E-state index contributed by atoms with van der Waals surface area (Å²) in [5.74, 6) is -1.73. The Morgan fingerprint density at radius 3 is 2.30 bits per heavy atom. The Morgan fingerprint density at radius 2 is 1.73 bits per heavy atom. The molecule has 3 amide bonds. The van der Waals surface area contributed by atoms with Crippen molar-refractivity contribution in [3.63, 3.8) is 0 Å². The van der Waals surface area contributed by atoms with Crippen molar-refractivity contribution in [2.24, 2.45) is 5.73 Å². The van der Waals surface area contributed by atoms with Gasteiger partial charge in [-0.05, 0) is 58.9 Å². The minimum Gasteiger partial charge on any atom is -0.391 e. The molecule has 0 unspecified atom stereocenters. The number of hydrogen-bond donors (Lipinski definition) is 4. The van der Waals surface area contributed by atoms with Gasteiger partial charge in [-0.2, -0.15) is 0 Å². The van der Waals surface area contributed by atoms with E-state index in [2.05, 4.69) is 5.32 Å². The number of carbonyl (C=O) groups is 4. The molecule has 2 heterocycles. The topological polar surface area (TPSA) is 153 Å². The van der Waals surface area contributed by atoms with Gasteiger partial charge in [-0.3, -0.25) is 19.2 Å². The van der Waals surface area contributed by atoms with Gasteiger partial charge in [0.1, 0.15) is 23.7 Å². The van der Waals surface area contributed by atoms with E-state index in [-0.39, 0.29) is 18.1 Å². The number of aliphatic hydroxyl groups is 2. The van der Waals surface area contributed by atoms with Crippen LogP contribution < -0.4 is 11.1 Å². The zero-order valence-electron chi connectivity index (χ0n) is 22.1. The molecule has 1 aromatic rings. The van der Waals surface area contributed by atoms with Crippen LogP contribution in [0.15, 0.2) is 24.3 Å². The van der Waals surface area contributed by atoms with Crippen molar-refractivity contribution in [3.05, 3.63) is 35.4 Å². The average molecular weight is 517 g/mol.